The van der Waals surface area contributed by atoms with Crippen molar-refractivity contribution in [1.82, 2.24) is 14.5 Å². The van der Waals surface area contributed by atoms with E-state index in [2.05, 4.69) is 9.82 Å². The van der Waals surface area contributed by atoms with Crippen LogP contribution in [0.2, 0.25) is 10.0 Å². The van der Waals surface area contributed by atoms with E-state index in [4.69, 9.17) is 23.2 Å². The molecular weight excluding hydrogens is 417 g/mol. The van der Waals surface area contributed by atoms with E-state index in [1.54, 1.807) is 6.07 Å². The maximum atomic E-state index is 12.4. The van der Waals surface area contributed by atoms with Crippen molar-refractivity contribution >= 4 is 44.6 Å². The lowest BCUT2D eigenvalue weighted by atomic mass is 10.3. The van der Waals surface area contributed by atoms with Crippen molar-refractivity contribution in [2.24, 2.45) is 0 Å². The molecule has 3 rings (SSSR count). The Bertz CT molecular complexity index is 1080. The highest BCUT2D eigenvalue weighted by Crippen LogP contribution is 2.28. The van der Waals surface area contributed by atoms with E-state index in [9.17, 15) is 13.2 Å². The minimum Gasteiger partial charge on any atom is -0.268 e. The first-order valence-electron chi connectivity index (χ1n) is 7.44. The second-order valence-electron chi connectivity index (χ2n) is 5.21. The van der Waals surface area contributed by atoms with Gasteiger partial charge in [-0.25, -0.2) is 17.8 Å². The van der Waals surface area contributed by atoms with Gasteiger partial charge in [0.15, 0.2) is 0 Å². The molecule has 1 N–H and O–H groups in total. The van der Waals surface area contributed by atoms with Crippen LogP contribution in [0.25, 0.3) is 10.6 Å². The molecule has 26 heavy (non-hydrogen) atoms. The van der Waals surface area contributed by atoms with E-state index < -0.39 is 10.0 Å². The van der Waals surface area contributed by atoms with Crippen LogP contribution in [-0.4, -0.2) is 24.7 Å². The molecule has 0 aliphatic carbocycles. The van der Waals surface area contributed by atoms with Gasteiger partial charge in [-0.1, -0.05) is 35.3 Å². The van der Waals surface area contributed by atoms with Gasteiger partial charge in [-0.2, -0.15) is 5.10 Å². The van der Waals surface area contributed by atoms with Crippen LogP contribution >= 0.6 is 34.5 Å². The van der Waals surface area contributed by atoms with Crippen LogP contribution in [0.4, 0.5) is 0 Å². The molecular formula is C16H13Cl2N3O3S2. The zero-order chi connectivity index (χ0) is 18.7. The van der Waals surface area contributed by atoms with Gasteiger partial charge in [0.25, 0.3) is 5.56 Å². The summed E-state index contributed by atoms with van der Waals surface area (Å²) < 4.78 is 28.4. The number of hydrogen-bond donors (Lipinski definition) is 1. The Hall–Kier alpha value is -1.71. The van der Waals surface area contributed by atoms with Gasteiger partial charge in [0, 0.05) is 12.6 Å². The Balaban J connectivity index is 1.75. The van der Waals surface area contributed by atoms with E-state index >= 15 is 0 Å². The Morgan fingerprint density at radius 1 is 1.12 bits per heavy atom. The second-order valence-corrected chi connectivity index (χ2v) is 8.68. The number of aromatic nitrogens is 2. The predicted molar refractivity (Wildman–Crippen MR) is 103 cm³/mol. The number of halogens is 2. The first-order chi connectivity index (χ1) is 12.4. The zero-order valence-corrected chi connectivity index (χ0v) is 16.4. The number of nitrogens with one attached hydrogen (secondary N) is 1. The first-order valence-corrected chi connectivity index (χ1v) is 10.6. The quantitative estimate of drug-likeness (QED) is 0.651. The molecule has 2 heterocycles. The topological polar surface area (TPSA) is 81.1 Å². The molecule has 0 radical (unpaired) electrons. The summed E-state index contributed by atoms with van der Waals surface area (Å²) in [7, 11) is -3.86. The molecule has 0 aliphatic heterocycles. The van der Waals surface area contributed by atoms with Gasteiger partial charge < -0.3 is 0 Å². The third-order valence-electron chi connectivity index (χ3n) is 3.46. The molecule has 0 bridgehead atoms. The van der Waals surface area contributed by atoms with Crippen LogP contribution < -0.4 is 10.3 Å². The van der Waals surface area contributed by atoms with Gasteiger partial charge in [-0.15, -0.1) is 11.3 Å². The van der Waals surface area contributed by atoms with E-state index in [1.165, 1.54) is 40.3 Å². The highest BCUT2D eigenvalue weighted by atomic mass is 35.5. The van der Waals surface area contributed by atoms with Crippen LogP contribution in [0.15, 0.2) is 57.5 Å². The van der Waals surface area contributed by atoms with Crippen molar-refractivity contribution in [3.05, 3.63) is 68.2 Å². The minimum atomic E-state index is -3.86. The summed E-state index contributed by atoms with van der Waals surface area (Å²) in [6.45, 7) is 0.0570. The monoisotopic (exact) mass is 429 g/mol. The van der Waals surface area contributed by atoms with E-state index in [0.717, 1.165) is 4.88 Å². The Morgan fingerprint density at radius 3 is 2.65 bits per heavy atom. The van der Waals surface area contributed by atoms with Crippen molar-refractivity contribution in [2.75, 3.05) is 6.54 Å². The Morgan fingerprint density at radius 2 is 1.92 bits per heavy atom. The normalized spacial score (nSPS) is 11.6. The first kappa shape index (κ1) is 19.1. The van der Waals surface area contributed by atoms with Crippen molar-refractivity contribution in [3.8, 4) is 10.6 Å². The number of nitrogens with zero attached hydrogens (tertiary/aromatic N) is 2. The summed E-state index contributed by atoms with van der Waals surface area (Å²) in [5.41, 5.74) is 0.339. The highest BCUT2D eigenvalue weighted by Gasteiger charge is 2.19. The van der Waals surface area contributed by atoms with Crippen molar-refractivity contribution in [2.45, 2.75) is 11.4 Å². The molecule has 0 saturated carbocycles. The fourth-order valence-corrected chi connectivity index (χ4v) is 4.69. The fraction of sp³-hybridized carbons (Fsp3) is 0.125. The minimum absolute atomic E-state index is 0.0218. The highest BCUT2D eigenvalue weighted by molar-refractivity contribution is 7.89. The van der Waals surface area contributed by atoms with E-state index in [0.29, 0.717) is 5.69 Å². The molecule has 1 aromatic carbocycles. The molecule has 136 valence electrons. The lowest BCUT2D eigenvalue weighted by molar-refractivity contribution is 0.549. The van der Waals surface area contributed by atoms with Crippen molar-refractivity contribution in [3.63, 3.8) is 0 Å². The lowest BCUT2D eigenvalue weighted by Gasteiger charge is -2.10. The molecule has 0 unspecified atom stereocenters. The number of sulfonamides is 1. The van der Waals surface area contributed by atoms with Gasteiger partial charge in [-0.3, -0.25) is 4.79 Å². The standard InChI is InChI=1S/C16H13Cl2N3O3S2/c17-11-3-1-5-14(16(11)18)26(23,24)19-8-9-21-15(22)7-6-12(20-21)13-4-2-10-25-13/h1-7,10,19H,8-9H2. The number of thiophene rings is 1. The largest absolute Gasteiger partial charge is 0.268 e. The van der Waals surface area contributed by atoms with Crippen LogP contribution in [0.3, 0.4) is 0 Å². The van der Waals surface area contributed by atoms with Crippen molar-refractivity contribution in [1.29, 1.82) is 0 Å². The molecule has 0 atom stereocenters. The number of benzene rings is 1. The molecule has 6 nitrogen and oxygen atoms in total. The average Bonchev–Trinajstić information content (AvgIpc) is 3.13. The predicted octanol–water partition coefficient (Wildman–Crippen LogP) is 3.26. The summed E-state index contributed by atoms with van der Waals surface area (Å²) in [5, 5.41) is 6.29. The van der Waals surface area contributed by atoms with Gasteiger partial charge >= 0.3 is 0 Å². The molecule has 0 amide bonds. The van der Waals surface area contributed by atoms with E-state index in [-0.39, 0.29) is 33.6 Å². The summed E-state index contributed by atoms with van der Waals surface area (Å²) >= 11 is 13.3. The molecule has 0 saturated heterocycles. The van der Waals surface area contributed by atoms with Crippen molar-refractivity contribution < 1.29 is 8.42 Å². The maximum absolute atomic E-state index is 12.4. The lowest BCUT2D eigenvalue weighted by Crippen LogP contribution is -2.32. The molecule has 2 aromatic heterocycles. The van der Waals surface area contributed by atoms with Gasteiger partial charge in [0.1, 0.15) is 10.6 Å². The third-order valence-corrected chi connectivity index (χ3v) is 6.79. The Labute approximate surface area is 164 Å². The number of rotatable bonds is 6. The van der Waals surface area contributed by atoms with Crippen LogP contribution in [0.1, 0.15) is 0 Å². The molecule has 0 fully saturated rings. The third kappa shape index (κ3) is 4.16. The van der Waals surface area contributed by atoms with Gasteiger partial charge in [-0.05, 0) is 29.6 Å². The van der Waals surface area contributed by atoms with Crippen LogP contribution in [0.5, 0.6) is 0 Å². The van der Waals surface area contributed by atoms with Crippen LogP contribution in [0, 0.1) is 0 Å². The molecule has 0 aliphatic rings. The van der Waals surface area contributed by atoms with E-state index in [1.807, 2.05) is 17.5 Å². The fourth-order valence-electron chi connectivity index (χ4n) is 2.22. The second kappa shape index (κ2) is 7.89. The number of hydrogen-bond acceptors (Lipinski definition) is 5. The molecule has 10 heteroatoms. The summed E-state index contributed by atoms with van der Waals surface area (Å²) in [4.78, 5) is 12.8. The average molecular weight is 430 g/mol. The smallest absolute Gasteiger partial charge is 0.266 e. The Kier molecular flexibility index (Phi) is 5.79. The zero-order valence-electron chi connectivity index (χ0n) is 13.2. The molecule has 3 aromatic rings. The van der Waals surface area contributed by atoms with Gasteiger partial charge in [0.2, 0.25) is 10.0 Å². The maximum Gasteiger partial charge on any atom is 0.266 e. The SMILES string of the molecule is O=c1ccc(-c2cccs2)nn1CCNS(=O)(=O)c1cccc(Cl)c1Cl. The van der Waals surface area contributed by atoms with Crippen LogP contribution in [-0.2, 0) is 16.6 Å². The van der Waals surface area contributed by atoms with Gasteiger partial charge in [0.05, 0.1) is 21.5 Å². The summed E-state index contributed by atoms with van der Waals surface area (Å²) in [5.74, 6) is 0. The summed E-state index contributed by atoms with van der Waals surface area (Å²) in [6.07, 6.45) is 0. The molecule has 0 spiro atoms. The summed E-state index contributed by atoms with van der Waals surface area (Å²) in [6, 6.07) is 11.2.